The molecule has 1 amide bonds. The van der Waals surface area contributed by atoms with Gasteiger partial charge in [-0.3, -0.25) is 4.79 Å². The predicted molar refractivity (Wildman–Crippen MR) is 97.0 cm³/mol. The highest BCUT2D eigenvalue weighted by molar-refractivity contribution is 5.95. The van der Waals surface area contributed by atoms with E-state index in [1.54, 1.807) is 12.1 Å². The lowest BCUT2D eigenvalue weighted by molar-refractivity contribution is -0.116. The lowest BCUT2D eigenvalue weighted by Crippen LogP contribution is -2.16. The number of para-hydroxylation sites is 2. The summed E-state index contributed by atoms with van der Waals surface area (Å²) in [7, 11) is 0. The van der Waals surface area contributed by atoms with Gasteiger partial charge in [-0.2, -0.15) is 0 Å². The maximum absolute atomic E-state index is 13.5. The van der Waals surface area contributed by atoms with E-state index in [4.69, 9.17) is 4.74 Å². The van der Waals surface area contributed by atoms with E-state index in [1.807, 2.05) is 54.6 Å². The Morgan fingerprint density at radius 2 is 1.56 bits per heavy atom. The molecule has 4 heteroatoms. The van der Waals surface area contributed by atoms with Gasteiger partial charge in [0.1, 0.15) is 0 Å². The molecule has 0 saturated heterocycles. The number of halogens is 1. The molecule has 0 saturated carbocycles. The van der Waals surface area contributed by atoms with Crippen LogP contribution in [-0.4, -0.2) is 12.5 Å². The molecule has 126 valence electrons. The van der Waals surface area contributed by atoms with Crippen LogP contribution in [-0.2, 0) is 4.79 Å². The summed E-state index contributed by atoms with van der Waals surface area (Å²) in [5.74, 6) is -0.461. The van der Waals surface area contributed by atoms with Gasteiger partial charge in [0.05, 0.1) is 13.0 Å². The van der Waals surface area contributed by atoms with Crippen molar-refractivity contribution in [2.24, 2.45) is 0 Å². The van der Waals surface area contributed by atoms with Crippen molar-refractivity contribution < 1.29 is 13.9 Å². The number of carbonyl (C=O) groups is 1. The van der Waals surface area contributed by atoms with Gasteiger partial charge in [0.2, 0.25) is 5.91 Å². The fourth-order valence-electron chi connectivity index (χ4n) is 2.49. The van der Waals surface area contributed by atoms with Crippen LogP contribution < -0.4 is 10.1 Å². The smallest absolute Gasteiger partial charge is 0.227 e. The Hall–Kier alpha value is -3.14. The fraction of sp³-hybridized carbons (Fsp3) is 0.0952. The van der Waals surface area contributed by atoms with Crippen LogP contribution in [0, 0.1) is 5.82 Å². The molecule has 0 radical (unpaired) electrons. The molecule has 0 heterocycles. The Morgan fingerprint density at radius 3 is 2.36 bits per heavy atom. The third-order valence-corrected chi connectivity index (χ3v) is 3.71. The van der Waals surface area contributed by atoms with Crippen molar-refractivity contribution in [2.45, 2.75) is 6.42 Å². The molecule has 0 spiro atoms. The Balaban J connectivity index is 1.61. The van der Waals surface area contributed by atoms with Gasteiger partial charge >= 0.3 is 0 Å². The molecule has 0 aliphatic carbocycles. The van der Waals surface area contributed by atoms with Gasteiger partial charge < -0.3 is 10.1 Å². The summed E-state index contributed by atoms with van der Waals surface area (Å²) in [5, 5.41) is 2.90. The minimum atomic E-state index is -0.433. The van der Waals surface area contributed by atoms with Gasteiger partial charge in [-0.15, -0.1) is 0 Å². The average Bonchev–Trinajstić information content (AvgIpc) is 2.64. The number of nitrogens with one attached hydrogen (secondary N) is 1. The van der Waals surface area contributed by atoms with Crippen molar-refractivity contribution >= 4 is 11.6 Å². The van der Waals surface area contributed by atoms with Crippen LogP contribution in [0.1, 0.15) is 6.42 Å². The summed E-state index contributed by atoms with van der Waals surface area (Å²) in [5.41, 5.74) is 2.72. The van der Waals surface area contributed by atoms with Crippen LogP contribution in [0.2, 0.25) is 0 Å². The van der Waals surface area contributed by atoms with Crippen molar-refractivity contribution in [3.63, 3.8) is 0 Å². The van der Waals surface area contributed by atoms with Crippen LogP contribution >= 0.6 is 0 Å². The number of benzene rings is 3. The van der Waals surface area contributed by atoms with Gasteiger partial charge in [0.25, 0.3) is 0 Å². The quantitative estimate of drug-likeness (QED) is 0.696. The zero-order valence-electron chi connectivity index (χ0n) is 13.6. The van der Waals surface area contributed by atoms with Crippen molar-refractivity contribution in [3.8, 4) is 16.9 Å². The van der Waals surface area contributed by atoms with E-state index in [1.165, 1.54) is 12.1 Å². The van der Waals surface area contributed by atoms with E-state index < -0.39 is 5.82 Å². The number of ether oxygens (including phenoxy) is 1. The van der Waals surface area contributed by atoms with E-state index >= 15 is 0 Å². The summed E-state index contributed by atoms with van der Waals surface area (Å²) in [6.07, 6.45) is 0.136. The Morgan fingerprint density at radius 1 is 0.880 bits per heavy atom. The summed E-state index contributed by atoms with van der Waals surface area (Å²) in [6, 6.07) is 23.6. The van der Waals surface area contributed by atoms with E-state index in [0.717, 1.165) is 16.8 Å². The lowest BCUT2D eigenvalue weighted by atomic mass is 10.0. The Kier molecular flexibility index (Phi) is 5.42. The molecule has 0 aromatic heterocycles. The largest absolute Gasteiger partial charge is 0.490 e. The summed E-state index contributed by atoms with van der Waals surface area (Å²) >= 11 is 0. The molecule has 1 N–H and O–H groups in total. The number of anilines is 1. The van der Waals surface area contributed by atoms with E-state index in [0.29, 0.717) is 0 Å². The maximum Gasteiger partial charge on any atom is 0.227 e. The van der Waals surface area contributed by atoms with E-state index in [9.17, 15) is 9.18 Å². The van der Waals surface area contributed by atoms with Crippen molar-refractivity contribution in [3.05, 3.63) is 84.7 Å². The van der Waals surface area contributed by atoms with Crippen LogP contribution in [0.5, 0.6) is 5.75 Å². The van der Waals surface area contributed by atoms with Gasteiger partial charge in [-0.25, -0.2) is 4.39 Å². The van der Waals surface area contributed by atoms with Crippen molar-refractivity contribution in [2.75, 3.05) is 11.9 Å². The molecule has 3 aromatic carbocycles. The molecule has 3 rings (SSSR count). The summed E-state index contributed by atoms with van der Waals surface area (Å²) in [4.78, 5) is 12.2. The van der Waals surface area contributed by atoms with Gasteiger partial charge in [-0.05, 0) is 23.8 Å². The van der Waals surface area contributed by atoms with Crippen molar-refractivity contribution in [1.29, 1.82) is 0 Å². The molecule has 0 fully saturated rings. The maximum atomic E-state index is 13.5. The van der Waals surface area contributed by atoms with Crippen LogP contribution in [0.25, 0.3) is 11.1 Å². The highest BCUT2D eigenvalue weighted by Crippen LogP contribution is 2.27. The van der Waals surface area contributed by atoms with Gasteiger partial charge in [0, 0.05) is 11.3 Å². The third-order valence-electron chi connectivity index (χ3n) is 3.71. The summed E-state index contributed by atoms with van der Waals surface area (Å²) < 4.78 is 18.8. The Bertz CT molecular complexity index is 849. The predicted octanol–water partition coefficient (Wildman–Crippen LogP) is 4.90. The highest BCUT2D eigenvalue weighted by Gasteiger charge is 2.09. The monoisotopic (exact) mass is 335 g/mol. The highest BCUT2D eigenvalue weighted by atomic mass is 19.1. The molecule has 0 bridgehead atoms. The fourth-order valence-corrected chi connectivity index (χ4v) is 2.49. The number of hydrogen-bond acceptors (Lipinski definition) is 2. The molecule has 0 aliphatic heterocycles. The zero-order valence-corrected chi connectivity index (χ0v) is 13.6. The standard InChI is InChI=1S/C21H18FNO2/c22-18-11-5-7-13-20(18)25-15-14-21(24)23-19-12-6-4-10-17(19)16-8-2-1-3-9-16/h1-13H,14-15H2,(H,23,24). The lowest BCUT2D eigenvalue weighted by Gasteiger charge is -2.12. The zero-order chi connectivity index (χ0) is 17.5. The van der Waals surface area contributed by atoms with E-state index in [-0.39, 0.29) is 24.7 Å². The number of carbonyl (C=O) groups excluding carboxylic acids is 1. The average molecular weight is 335 g/mol. The molecule has 0 aliphatic rings. The third kappa shape index (κ3) is 4.44. The first-order valence-corrected chi connectivity index (χ1v) is 8.05. The normalized spacial score (nSPS) is 10.3. The van der Waals surface area contributed by atoms with Gasteiger partial charge in [0.15, 0.2) is 11.6 Å². The molecular formula is C21H18FNO2. The second-order valence-corrected chi connectivity index (χ2v) is 5.49. The second kappa shape index (κ2) is 8.11. The molecule has 25 heavy (non-hydrogen) atoms. The summed E-state index contributed by atoms with van der Waals surface area (Å²) in [6.45, 7) is 0.111. The molecular weight excluding hydrogens is 317 g/mol. The van der Waals surface area contributed by atoms with Crippen LogP contribution in [0.4, 0.5) is 10.1 Å². The number of rotatable bonds is 6. The SMILES string of the molecule is O=C(CCOc1ccccc1F)Nc1ccccc1-c1ccccc1. The minimum Gasteiger partial charge on any atom is -0.490 e. The first-order chi connectivity index (χ1) is 12.2. The Labute approximate surface area is 146 Å². The first-order valence-electron chi connectivity index (χ1n) is 8.05. The van der Waals surface area contributed by atoms with E-state index in [2.05, 4.69) is 5.32 Å². The van der Waals surface area contributed by atoms with Gasteiger partial charge in [-0.1, -0.05) is 60.7 Å². The van der Waals surface area contributed by atoms with Crippen molar-refractivity contribution in [1.82, 2.24) is 0 Å². The first kappa shape index (κ1) is 16.7. The van der Waals surface area contributed by atoms with Crippen LogP contribution in [0.15, 0.2) is 78.9 Å². The molecule has 3 nitrogen and oxygen atoms in total. The second-order valence-electron chi connectivity index (χ2n) is 5.49. The molecule has 0 unspecified atom stereocenters. The molecule has 3 aromatic rings. The van der Waals surface area contributed by atoms with Crippen LogP contribution in [0.3, 0.4) is 0 Å². The topological polar surface area (TPSA) is 38.3 Å². The number of amides is 1. The number of hydrogen-bond donors (Lipinski definition) is 1. The minimum absolute atomic E-state index is 0.111. The molecule has 0 atom stereocenters.